The Morgan fingerprint density at radius 1 is 1.75 bits per heavy atom. The Balaban J connectivity index is 2.52. The number of hydrogen-bond donors (Lipinski definition) is 1. The molecular formula is C7H13FN4. The van der Waals surface area contributed by atoms with E-state index in [-0.39, 0.29) is 12.7 Å². The van der Waals surface area contributed by atoms with Crippen molar-refractivity contribution < 1.29 is 4.39 Å². The van der Waals surface area contributed by atoms with E-state index in [0.29, 0.717) is 13.0 Å². The van der Waals surface area contributed by atoms with E-state index in [1.54, 1.807) is 10.9 Å². The Morgan fingerprint density at radius 2 is 2.50 bits per heavy atom. The van der Waals surface area contributed by atoms with E-state index < -0.39 is 0 Å². The van der Waals surface area contributed by atoms with Crippen molar-refractivity contribution in [1.82, 2.24) is 15.0 Å². The minimum Gasteiger partial charge on any atom is -0.323 e. The number of nitrogens with two attached hydrogens (primary N) is 1. The highest BCUT2D eigenvalue weighted by atomic mass is 19.1. The van der Waals surface area contributed by atoms with E-state index in [4.69, 9.17) is 5.73 Å². The fraction of sp³-hybridized carbons (Fsp3) is 0.714. The SMILES string of the molecule is CC(N)c1cn(CCCF)nn1. The molecule has 0 aliphatic rings. The molecule has 0 saturated carbocycles. The molecule has 0 aromatic carbocycles. The first-order chi connectivity index (χ1) is 5.74. The normalized spacial score (nSPS) is 13.2. The molecule has 0 saturated heterocycles. The zero-order valence-corrected chi connectivity index (χ0v) is 7.07. The van der Waals surface area contributed by atoms with Gasteiger partial charge in [-0.1, -0.05) is 5.21 Å². The Bertz CT molecular complexity index is 233. The average molecular weight is 172 g/mol. The van der Waals surface area contributed by atoms with Gasteiger partial charge in [0.15, 0.2) is 0 Å². The first kappa shape index (κ1) is 9.12. The summed E-state index contributed by atoms with van der Waals surface area (Å²) in [6.45, 7) is 2.08. The summed E-state index contributed by atoms with van der Waals surface area (Å²) < 4.78 is 13.4. The fourth-order valence-electron chi connectivity index (χ4n) is 0.853. The van der Waals surface area contributed by atoms with Crippen LogP contribution in [0, 0.1) is 0 Å². The first-order valence-corrected chi connectivity index (χ1v) is 3.95. The van der Waals surface area contributed by atoms with Gasteiger partial charge in [-0.25, -0.2) is 0 Å². The highest BCUT2D eigenvalue weighted by Crippen LogP contribution is 2.03. The molecule has 0 spiro atoms. The molecular weight excluding hydrogens is 159 g/mol. The van der Waals surface area contributed by atoms with Crippen LogP contribution in [-0.2, 0) is 6.54 Å². The van der Waals surface area contributed by atoms with Crippen LogP contribution >= 0.6 is 0 Å². The lowest BCUT2D eigenvalue weighted by Crippen LogP contribution is -2.05. The molecule has 0 aliphatic heterocycles. The molecule has 5 heteroatoms. The molecule has 2 N–H and O–H groups in total. The maximum atomic E-state index is 11.8. The Labute approximate surface area is 70.6 Å². The maximum Gasteiger partial charge on any atom is 0.0991 e. The number of hydrogen-bond acceptors (Lipinski definition) is 3. The van der Waals surface area contributed by atoms with Crippen LogP contribution in [0.25, 0.3) is 0 Å². The number of rotatable bonds is 4. The lowest BCUT2D eigenvalue weighted by atomic mass is 10.3. The van der Waals surface area contributed by atoms with Gasteiger partial charge in [-0.15, -0.1) is 5.10 Å². The summed E-state index contributed by atoms with van der Waals surface area (Å²) in [5.41, 5.74) is 6.31. The van der Waals surface area contributed by atoms with Gasteiger partial charge in [0.1, 0.15) is 0 Å². The highest BCUT2D eigenvalue weighted by Gasteiger charge is 2.03. The average Bonchev–Trinajstić information content (AvgIpc) is 2.48. The van der Waals surface area contributed by atoms with Gasteiger partial charge < -0.3 is 5.73 Å². The topological polar surface area (TPSA) is 56.7 Å². The minimum atomic E-state index is -0.326. The Morgan fingerprint density at radius 3 is 3.00 bits per heavy atom. The third-order valence-corrected chi connectivity index (χ3v) is 1.54. The van der Waals surface area contributed by atoms with Crippen LogP contribution in [0.1, 0.15) is 25.1 Å². The molecule has 1 unspecified atom stereocenters. The standard InChI is InChI=1S/C7H13FN4/c1-6(9)7-5-12(11-10-7)4-2-3-8/h5-6H,2-4,9H2,1H3. The monoisotopic (exact) mass is 172 g/mol. The molecule has 0 amide bonds. The molecule has 0 bridgehead atoms. The number of aryl methyl sites for hydroxylation is 1. The quantitative estimate of drug-likeness (QED) is 0.725. The van der Waals surface area contributed by atoms with Crippen molar-refractivity contribution >= 4 is 0 Å². The number of halogens is 1. The van der Waals surface area contributed by atoms with E-state index in [0.717, 1.165) is 5.69 Å². The van der Waals surface area contributed by atoms with Gasteiger partial charge in [-0.05, 0) is 13.3 Å². The predicted molar refractivity (Wildman–Crippen MR) is 43.2 cm³/mol. The molecule has 1 rings (SSSR count). The van der Waals surface area contributed by atoms with E-state index in [2.05, 4.69) is 10.3 Å². The van der Waals surface area contributed by atoms with Crippen LogP contribution in [0.4, 0.5) is 4.39 Å². The smallest absolute Gasteiger partial charge is 0.0991 e. The van der Waals surface area contributed by atoms with Crippen LogP contribution in [-0.4, -0.2) is 21.7 Å². The van der Waals surface area contributed by atoms with Crippen molar-refractivity contribution in [3.8, 4) is 0 Å². The Hall–Kier alpha value is -0.970. The van der Waals surface area contributed by atoms with Gasteiger partial charge in [0.25, 0.3) is 0 Å². The second-order valence-electron chi connectivity index (χ2n) is 2.74. The van der Waals surface area contributed by atoms with Crippen molar-refractivity contribution in [2.45, 2.75) is 25.9 Å². The number of nitrogens with zero attached hydrogens (tertiary/aromatic N) is 3. The molecule has 1 aromatic rings. The highest BCUT2D eigenvalue weighted by molar-refractivity contribution is 4.97. The zero-order chi connectivity index (χ0) is 8.97. The van der Waals surface area contributed by atoms with Crippen LogP contribution in [0.3, 0.4) is 0 Å². The molecule has 68 valence electrons. The molecule has 12 heavy (non-hydrogen) atoms. The molecule has 1 heterocycles. The summed E-state index contributed by atoms with van der Waals surface area (Å²) in [5.74, 6) is 0. The maximum absolute atomic E-state index is 11.8. The fourth-order valence-corrected chi connectivity index (χ4v) is 0.853. The molecule has 0 fully saturated rings. The molecule has 1 aromatic heterocycles. The van der Waals surface area contributed by atoms with Crippen LogP contribution < -0.4 is 5.73 Å². The van der Waals surface area contributed by atoms with Crippen molar-refractivity contribution in [2.24, 2.45) is 5.73 Å². The van der Waals surface area contributed by atoms with E-state index >= 15 is 0 Å². The number of aromatic nitrogens is 3. The second-order valence-corrected chi connectivity index (χ2v) is 2.74. The van der Waals surface area contributed by atoms with Gasteiger partial charge in [0, 0.05) is 12.6 Å². The molecule has 0 radical (unpaired) electrons. The van der Waals surface area contributed by atoms with E-state index in [9.17, 15) is 4.39 Å². The van der Waals surface area contributed by atoms with Gasteiger partial charge >= 0.3 is 0 Å². The zero-order valence-electron chi connectivity index (χ0n) is 7.07. The summed E-state index contributed by atoms with van der Waals surface area (Å²) in [6.07, 6.45) is 2.22. The van der Waals surface area contributed by atoms with Gasteiger partial charge in [0.05, 0.1) is 18.6 Å². The van der Waals surface area contributed by atoms with Crippen LogP contribution in [0.15, 0.2) is 6.20 Å². The lowest BCUT2D eigenvalue weighted by Gasteiger charge is -1.96. The van der Waals surface area contributed by atoms with Crippen molar-refractivity contribution in [3.63, 3.8) is 0 Å². The molecule has 1 atom stereocenters. The van der Waals surface area contributed by atoms with E-state index in [1.807, 2.05) is 6.92 Å². The largest absolute Gasteiger partial charge is 0.323 e. The molecule has 4 nitrogen and oxygen atoms in total. The summed E-state index contributed by atoms with van der Waals surface area (Å²) >= 11 is 0. The third kappa shape index (κ3) is 2.27. The molecule has 0 aliphatic carbocycles. The summed E-state index contributed by atoms with van der Waals surface area (Å²) in [7, 11) is 0. The van der Waals surface area contributed by atoms with E-state index in [1.165, 1.54) is 0 Å². The lowest BCUT2D eigenvalue weighted by molar-refractivity contribution is 0.431. The van der Waals surface area contributed by atoms with Crippen molar-refractivity contribution in [3.05, 3.63) is 11.9 Å². The van der Waals surface area contributed by atoms with Crippen LogP contribution in [0.5, 0.6) is 0 Å². The summed E-state index contributed by atoms with van der Waals surface area (Å²) in [6, 6.07) is -0.107. The second kappa shape index (κ2) is 4.15. The first-order valence-electron chi connectivity index (χ1n) is 3.95. The summed E-state index contributed by atoms with van der Waals surface area (Å²) in [4.78, 5) is 0. The van der Waals surface area contributed by atoms with Crippen molar-refractivity contribution in [1.29, 1.82) is 0 Å². The van der Waals surface area contributed by atoms with Gasteiger partial charge in [0.2, 0.25) is 0 Å². The summed E-state index contributed by atoms with van der Waals surface area (Å²) in [5, 5.41) is 7.63. The van der Waals surface area contributed by atoms with Gasteiger partial charge in [-0.2, -0.15) is 0 Å². The van der Waals surface area contributed by atoms with Crippen molar-refractivity contribution in [2.75, 3.05) is 6.67 Å². The van der Waals surface area contributed by atoms with Crippen LogP contribution in [0.2, 0.25) is 0 Å². The minimum absolute atomic E-state index is 0.107. The third-order valence-electron chi connectivity index (χ3n) is 1.54. The Kier molecular flexibility index (Phi) is 3.16. The van der Waals surface area contributed by atoms with Gasteiger partial charge in [-0.3, -0.25) is 9.07 Å². The number of alkyl halides is 1. The predicted octanol–water partition coefficient (Wildman–Crippen LogP) is 0.657.